The summed E-state index contributed by atoms with van der Waals surface area (Å²) in [4.78, 5) is 4.80. The van der Waals surface area contributed by atoms with Crippen molar-refractivity contribution in [1.82, 2.24) is 14.8 Å². The average Bonchev–Trinajstić information content (AvgIpc) is 3.01. The van der Waals surface area contributed by atoms with Crippen molar-refractivity contribution in [3.05, 3.63) is 41.9 Å². The molecule has 5 nitrogen and oxygen atoms in total. The Morgan fingerprint density at radius 1 is 1.38 bits per heavy atom. The maximum Gasteiger partial charge on any atom is 0.182 e. The predicted molar refractivity (Wildman–Crippen MR) is 97.5 cm³/mol. The highest BCUT2D eigenvalue weighted by Crippen LogP contribution is 2.30. The predicted octanol–water partition coefficient (Wildman–Crippen LogP) is 1.25. The van der Waals surface area contributed by atoms with Crippen molar-refractivity contribution in [1.29, 1.82) is 0 Å². The van der Waals surface area contributed by atoms with Crippen molar-refractivity contribution in [3.8, 4) is 11.3 Å². The number of hydrogen-bond acceptors (Lipinski definition) is 4. The summed E-state index contributed by atoms with van der Waals surface area (Å²) < 4.78 is 8.03. The molecule has 2 aromatic rings. The van der Waals surface area contributed by atoms with Gasteiger partial charge in [0.15, 0.2) is 7.98 Å². The third kappa shape index (κ3) is 3.56. The third-order valence-electron chi connectivity index (χ3n) is 4.73. The van der Waals surface area contributed by atoms with E-state index in [9.17, 15) is 0 Å². The van der Waals surface area contributed by atoms with Crippen molar-refractivity contribution in [2.24, 2.45) is 0 Å². The summed E-state index contributed by atoms with van der Waals surface area (Å²) in [6.07, 6.45) is 3.80. The van der Waals surface area contributed by atoms with Gasteiger partial charge in [-0.1, -0.05) is 24.3 Å². The van der Waals surface area contributed by atoms with Gasteiger partial charge < -0.3 is 19.6 Å². The Labute approximate surface area is 144 Å². The third-order valence-corrected chi connectivity index (χ3v) is 4.73. The van der Waals surface area contributed by atoms with Crippen molar-refractivity contribution in [2.45, 2.75) is 44.9 Å². The smallest absolute Gasteiger partial charge is 0.182 e. The zero-order valence-corrected chi connectivity index (χ0v) is 14.7. The van der Waals surface area contributed by atoms with Crippen LogP contribution in [-0.2, 0) is 23.3 Å². The minimum Gasteiger partial charge on any atom is -0.396 e. The molecule has 0 aliphatic carbocycles. The maximum atomic E-state index is 9.10. The van der Waals surface area contributed by atoms with E-state index in [-0.39, 0.29) is 12.2 Å². The van der Waals surface area contributed by atoms with Crippen LogP contribution in [0, 0.1) is 0 Å². The number of nitrogens with zero attached hydrogens (tertiary/aromatic N) is 2. The van der Waals surface area contributed by atoms with Gasteiger partial charge in [0.05, 0.1) is 12.3 Å². The number of hydrogen-bond donors (Lipinski definition) is 2. The van der Waals surface area contributed by atoms with E-state index in [1.54, 1.807) is 0 Å². The summed E-state index contributed by atoms with van der Waals surface area (Å²) in [6, 6.07) is 8.86. The molecule has 0 spiro atoms. The molecular formula is C18H26BN3O2. The summed E-state index contributed by atoms with van der Waals surface area (Å²) in [5.41, 5.74) is 3.05. The van der Waals surface area contributed by atoms with E-state index >= 15 is 0 Å². The molecule has 2 heterocycles. The second-order valence-corrected chi connectivity index (χ2v) is 6.90. The van der Waals surface area contributed by atoms with E-state index in [1.165, 1.54) is 5.56 Å². The number of aliphatic hydroxyl groups is 1. The van der Waals surface area contributed by atoms with Crippen LogP contribution in [0.25, 0.3) is 11.3 Å². The Kier molecular flexibility index (Phi) is 5.08. The highest BCUT2D eigenvalue weighted by molar-refractivity contribution is 6.04. The van der Waals surface area contributed by atoms with E-state index in [0.29, 0.717) is 6.04 Å². The highest BCUT2D eigenvalue weighted by Gasteiger charge is 2.31. The average molecular weight is 327 g/mol. The Morgan fingerprint density at radius 3 is 2.75 bits per heavy atom. The van der Waals surface area contributed by atoms with Crippen LogP contribution in [0.3, 0.4) is 0 Å². The van der Waals surface area contributed by atoms with E-state index in [0.717, 1.165) is 43.1 Å². The minimum atomic E-state index is -0.333. The fourth-order valence-electron chi connectivity index (χ4n) is 3.27. The molecule has 2 N–H and O–H groups in total. The van der Waals surface area contributed by atoms with Gasteiger partial charge in [0.25, 0.3) is 0 Å². The summed E-state index contributed by atoms with van der Waals surface area (Å²) in [6.45, 7) is 5.93. The molecule has 0 bridgehead atoms. The lowest BCUT2D eigenvalue weighted by Crippen LogP contribution is -2.33. The van der Waals surface area contributed by atoms with Gasteiger partial charge in [-0.25, -0.2) is 4.98 Å². The highest BCUT2D eigenvalue weighted by atomic mass is 16.5. The molecule has 1 aromatic carbocycles. The molecule has 3 rings (SSSR count). The van der Waals surface area contributed by atoms with Crippen LogP contribution in [0.1, 0.15) is 31.7 Å². The van der Waals surface area contributed by atoms with Crippen molar-refractivity contribution >= 4 is 7.98 Å². The first-order valence-corrected chi connectivity index (χ1v) is 8.62. The molecule has 128 valence electrons. The lowest BCUT2D eigenvalue weighted by atomic mass is 10.0. The lowest BCUT2D eigenvalue weighted by molar-refractivity contribution is -0.0538. The van der Waals surface area contributed by atoms with E-state index in [4.69, 9.17) is 14.8 Å². The molecule has 1 aromatic heterocycles. The topological polar surface area (TPSA) is 59.3 Å². The molecule has 0 amide bonds. The number of nitrogens with one attached hydrogen (secondary N) is 1. The second-order valence-electron chi connectivity index (χ2n) is 6.90. The van der Waals surface area contributed by atoms with Gasteiger partial charge in [-0.3, -0.25) is 0 Å². The molecular weight excluding hydrogens is 301 g/mol. The standard InChI is InChI=1S/C18H26BN3O2/c1-18(2)17-20-16(12-22(17)8-10-24-18)14-5-3-13(4-6-14)11-15(21-19)7-9-23/h3-6,12,15,21,23H,7-11,19H2,1-2H3. The number of fused-ring (bicyclic) bond motifs is 1. The van der Waals surface area contributed by atoms with E-state index in [2.05, 4.69) is 54.1 Å². The quantitative estimate of drug-likeness (QED) is 0.784. The molecule has 1 atom stereocenters. The Balaban J connectivity index is 1.78. The summed E-state index contributed by atoms with van der Waals surface area (Å²) in [5, 5.41) is 12.4. The molecule has 1 aliphatic rings. The molecule has 0 saturated heterocycles. The molecule has 24 heavy (non-hydrogen) atoms. The molecule has 0 fully saturated rings. The Morgan fingerprint density at radius 2 is 2.12 bits per heavy atom. The van der Waals surface area contributed by atoms with Crippen LogP contribution < -0.4 is 5.23 Å². The van der Waals surface area contributed by atoms with Gasteiger partial charge >= 0.3 is 0 Å². The van der Waals surface area contributed by atoms with Crippen LogP contribution in [0.5, 0.6) is 0 Å². The van der Waals surface area contributed by atoms with Crippen LogP contribution in [0.2, 0.25) is 0 Å². The summed E-state index contributed by atoms with van der Waals surface area (Å²) >= 11 is 0. The molecule has 6 heteroatoms. The van der Waals surface area contributed by atoms with Crippen LogP contribution in [0.15, 0.2) is 30.5 Å². The first-order chi connectivity index (χ1) is 11.5. The molecule has 0 radical (unpaired) electrons. The first-order valence-electron chi connectivity index (χ1n) is 8.62. The first kappa shape index (κ1) is 17.2. The number of aromatic nitrogens is 2. The number of ether oxygens (including phenoxy) is 1. The van der Waals surface area contributed by atoms with Gasteiger partial charge in [-0.2, -0.15) is 0 Å². The van der Waals surface area contributed by atoms with Gasteiger partial charge in [-0.05, 0) is 32.3 Å². The maximum absolute atomic E-state index is 9.10. The fraction of sp³-hybridized carbons (Fsp3) is 0.500. The van der Waals surface area contributed by atoms with Gasteiger partial charge in [0.1, 0.15) is 11.4 Å². The number of aliphatic hydroxyl groups excluding tert-OH is 1. The number of rotatable bonds is 6. The molecule has 1 aliphatic heterocycles. The van der Waals surface area contributed by atoms with Crippen LogP contribution >= 0.6 is 0 Å². The summed E-state index contributed by atoms with van der Waals surface area (Å²) in [5.74, 6) is 0.992. The van der Waals surface area contributed by atoms with Crippen molar-refractivity contribution < 1.29 is 9.84 Å². The van der Waals surface area contributed by atoms with E-state index in [1.807, 2.05) is 7.98 Å². The monoisotopic (exact) mass is 327 g/mol. The Bertz CT molecular complexity index is 682. The number of benzene rings is 1. The second kappa shape index (κ2) is 7.09. The fourth-order valence-corrected chi connectivity index (χ4v) is 3.27. The molecule has 0 saturated carbocycles. The van der Waals surface area contributed by atoms with E-state index < -0.39 is 0 Å². The summed E-state index contributed by atoms with van der Waals surface area (Å²) in [7, 11) is 1.94. The minimum absolute atomic E-state index is 0.210. The normalized spacial score (nSPS) is 17.5. The SMILES string of the molecule is BNC(CCO)Cc1ccc(-c2cn3c(n2)C(C)(C)OCC3)cc1. The van der Waals surface area contributed by atoms with Gasteiger partial charge in [0, 0.05) is 31.0 Å². The number of imidazole rings is 1. The van der Waals surface area contributed by atoms with Gasteiger partial charge in [-0.15, -0.1) is 0 Å². The Hall–Kier alpha value is -1.63. The molecule has 1 unspecified atom stereocenters. The zero-order chi connectivity index (χ0) is 17.2. The lowest BCUT2D eigenvalue weighted by Gasteiger charge is -2.30. The van der Waals surface area contributed by atoms with Crippen LogP contribution in [-0.4, -0.2) is 41.9 Å². The largest absolute Gasteiger partial charge is 0.396 e. The van der Waals surface area contributed by atoms with Crippen molar-refractivity contribution in [2.75, 3.05) is 13.2 Å². The van der Waals surface area contributed by atoms with Crippen molar-refractivity contribution in [3.63, 3.8) is 0 Å². The van der Waals surface area contributed by atoms with Gasteiger partial charge in [0.2, 0.25) is 0 Å². The zero-order valence-electron chi connectivity index (χ0n) is 14.7. The van der Waals surface area contributed by atoms with Crippen LogP contribution in [0.4, 0.5) is 0 Å².